The van der Waals surface area contributed by atoms with E-state index in [4.69, 9.17) is 0 Å². The van der Waals surface area contributed by atoms with Crippen LogP contribution in [-0.4, -0.2) is 19.6 Å². The molecule has 1 aromatic rings. The topological polar surface area (TPSA) is 15.3 Å². The maximum Gasteiger partial charge on any atom is 0.0422 e. The van der Waals surface area contributed by atoms with Crippen molar-refractivity contribution in [1.29, 1.82) is 0 Å². The Balaban J connectivity index is 2.97. The molecule has 90 valence electrons. The van der Waals surface area contributed by atoms with E-state index in [9.17, 15) is 0 Å². The van der Waals surface area contributed by atoms with Crippen molar-refractivity contribution in [3.8, 4) is 0 Å². The fraction of sp³-hybridized carbons (Fsp3) is 0.538. The summed E-state index contributed by atoms with van der Waals surface area (Å²) in [6.45, 7) is 8.47. The summed E-state index contributed by atoms with van der Waals surface area (Å²) in [6, 6.07) is 6.98. The zero-order valence-electron chi connectivity index (χ0n) is 10.5. The summed E-state index contributed by atoms with van der Waals surface area (Å²) in [7, 11) is 2.14. The van der Waals surface area contributed by atoms with Crippen molar-refractivity contribution in [2.45, 2.75) is 33.4 Å². The molecule has 0 aliphatic carbocycles. The van der Waals surface area contributed by atoms with E-state index in [1.54, 1.807) is 0 Å². The Morgan fingerprint density at radius 2 is 2.06 bits per heavy atom. The first-order valence-corrected chi connectivity index (χ1v) is 6.57. The van der Waals surface area contributed by atoms with Crippen LogP contribution in [0.4, 0.5) is 5.69 Å². The van der Waals surface area contributed by atoms with Crippen molar-refractivity contribution in [2.24, 2.45) is 0 Å². The van der Waals surface area contributed by atoms with Crippen molar-refractivity contribution in [2.75, 3.05) is 18.5 Å². The van der Waals surface area contributed by atoms with Crippen LogP contribution >= 0.6 is 15.9 Å². The molecule has 0 atom stereocenters. The molecule has 16 heavy (non-hydrogen) atoms. The minimum absolute atomic E-state index is 0.509. The molecule has 3 heteroatoms. The number of hydrogen-bond donors (Lipinski definition) is 1. The van der Waals surface area contributed by atoms with Gasteiger partial charge in [0.1, 0.15) is 0 Å². The molecule has 0 heterocycles. The number of nitrogens with zero attached hydrogens (tertiary/aromatic N) is 1. The molecule has 0 saturated heterocycles. The third-order valence-electron chi connectivity index (χ3n) is 2.77. The van der Waals surface area contributed by atoms with Crippen molar-refractivity contribution < 1.29 is 0 Å². The molecular weight excluding hydrogens is 264 g/mol. The molecule has 2 nitrogen and oxygen atoms in total. The average Bonchev–Trinajstić information content (AvgIpc) is 2.26. The van der Waals surface area contributed by atoms with Gasteiger partial charge in [0, 0.05) is 29.8 Å². The van der Waals surface area contributed by atoms with E-state index in [0.717, 1.165) is 17.6 Å². The van der Waals surface area contributed by atoms with Crippen LogP contribution in [0.5, 0.6) is 0 Å². The van der Waals surface area contributed by atoms with Gasteiger partial charge in [0.2, 0.25) is 0 Å². The largest absolute Gasteiger partial charge is 0.372 e. The zero-order chi connectivity index (χ0) is 12.1. The Hall–Kier alpha value is -0.540. The van der Waals surface area contributed by atoms with E-state index < -0.39 is 0 Å². The van der Waals surface area contributed by atoms with Gasteiger partial charge in [-0.15, -0.1) is 0 Å². The van der Waals surface area contributed by atoms with E-state index in [-0.39, 0.29) is 0 Å². The molecule has 1 aromatic carbocycles. The van der Waals surface area contributed by atoms with Crippen molar-refractivity contribution in [3.63, 3.8) is 0 Å². The highest BCUT2D eigenvalue weighted by molar-refractivity contribution is 9.10. The van der Waals surface area contributed by atoms with Gasteiger partial charge in [0.05, 0.1) is 0 Å². The number of benzene rings is 1. The second-order valence-corrected chi connectivity index (χ2v) is 5.17. The van der Waals surface area contributed by atoms with E-state index in [1.807, 2.05) is 0 Å². The Kier molecular flexibility index (Phi) is 5.29. The SMILES string of the molecule is CCNCc1ccc(Br)cc1N(C)C(C)C. The first-order chi connectivity index (χ1) is 7.56. The molecule has 0 amide bonds. The predicted octanol–water partition coefficient (Wildman–Crippen LogP) is 3.40. The normalized spacial score (nSPS) is 10.9. The molecule has 0 spiro atoms. The first kappa shape index (κ1) is 13.5. The maximum atomic E-state index is 3.53. The van der Waals surface area contributed by atoms with Crippen molar-refractivity contribution in [1.82, 2.24) is 5.32 Å². The Morgan fingerprint density at radius 3 is 2.62 bits per heavy atom. The Morgan fingerprint density at radius 1 is 1.38 bits per heavy atom. The van der Waals surface area contributed by atoms with Gasteiger partial charge in [-0.25, -0.2) is 0 Å². The lowest BCUT2D eigenvalue weighted by Crippen LogP contribution is -2.27. The third kappa shape index (κ3) is 3.49. The van der Waals surface area contributed by atoms with E-state index in [0.29, 0.717) is 6.04 Å². The molecule has 1 N–H and O–H groups in total. The number of halogens is 1. The summed E-state index contributed by atoms with van der Waals surface area (Å²) >= 11 is 3.53. The molecule has 0 radical (unpaired) electrons. The highest BCUT2D eigenvalue weighted by atomic mass is 79.9. The maximum absolute atomic E-state index is 3.53. The van der Waals surface area contributed by atoms with Gasteiger partial charge >= 0.3 is 0 Å². The number of rotatable bonds is 5. The molecule has 0 aliphatic rings. The molecule has 0 saturated carbocycles. The summed E-state index contributed by atoms with van der Waals surface area (Å²) in [6.07, 6.45) is 0. The zero-order valence-corrected chi connectivity index (χ0v) is 12.1. The molecule has 0 aliphatic heterocycles. The van der Waals surface area contributed by atoms with Crippen LogP contribution < -0.4 is 10.2 Å². The first-order valence-electron chi connectivity index (χ1n) is 5.78. The predicted molar refractivity (Wildman–Crippen MR) is 75.1 cm³/mol. The number of hydrogen-bond acceptors (Lipinski definition) is 2. The molecule has 0 fully saturated rings. The lowest BCUT2D eigenvalue weighted by atomic mass is 10.1. The minimum atomic E-state index is 0.509. The van der Waals surface area contributed by atoms with Crippen molar-refractivity contribution >= 4 is 21.6 Å². The monoisotopic (exact) mass is 284 g/mol. The molecule has 1 rings (SSSR count). The Labute approximate surface area is 107 Å². The second-order valence-electron chi connectivity index (χ2n) is 4.26. The highest BCUT2D eigenvalue weighted by Gasteiger charge is 2.10. The smallest absolute Gasteiger partial charge is 0.0422 e. The summed E-state index contributed by atoms with van der Waals surface area (Å²) in [5.74, 6) is 0. The van der Waals surface area contributed by atoms with Crippen LogP contribution in [0, 0.1) is 0 Å². The van der Waals surface area contributed by atoms with E-state index in [1.165, 1.54) is 11.3 Å². The molecule has 0 unspecified atom stereocenters. The quantitative estimate of drug-likeness (QED) is 0.892. The summed E-state index contributed by atoms with van der Waals surface area (Å²) in [5.41, 5.74) is 2.64. The van der Waals surface area contributed by atoms with Crippen LogP contribution in [0.15, 0.2) is 22.7 Å². The van der Waals surface area contributed by atoms with Gasteiger partial charge in [-0.1, -0.05) is 28.9 Å². The van der Waals surface area contributed by atoms with Gasteiger partial charge in [-0.2, -0.15) is 0 Å². The number of nitrogens with one attached hydrogen (secondary N) is 1. The summed E-state index contributed by atoms with van der Waals surface area (Å²) < 4.78 is 1.13. The minimum Gasteiger partial charge on any atom is -0.372 e. The van der Waals surface area contributed by atoms with Gasteiger partial charge in [0.25, 0.3) is 0 Å². The Bertz CT molecular complexity index is 337. The molecule has 0 aromatic heterocycles. The fourth-order valence-corrected chi connectivity index (χ4v) is 1.90. The van der Waals surface area contributed by atoms with E-state index in [2.05, 4.69) is 72.2 Å². The standard InChI is InChI=1S/C13H21BrN2/c1-5-15-9-11-6-7-12(14)8-13(11)16(4)10(2)3/h6-8,10,15H,5,9H2,1-4H3. The third-order valence-corrected chi connectivity index (χ3v) is 3.26. The van der Waals surface area contributed by atoms with Crippen LogP contribution in [-0.2, 0) is 6.54 Å². The van der Waals surface area contributed by atoms with Crippen LogP contribution in [0.1, 0.15) is 26.3 Å². The average molecular weight is 285 g/mol. The lowest BCUT2D eigenvalue weighted by molar-refractivity contribution is 0.709. The van der Waals surface area contributed by atoms with Gasteiger partial charge < -0.3 is 10.2 Å². The summed E-state index contributed by atoms with van der Waals surface area (Å²) in [5, 5.41) is 3.38. The van der Waals surface area contributed by atoms with Crippen LogP contribution in [0.2, 0.25) is 0 Å². The second kappa shape index (κ2) is 6.26. The van der Waals surface area contributed by atoms with Crippen LogP contribution in [0.25, 0.3) is 0 Å². The van der Waals surface area contributed by atoms with E-state index >= 15 is 0 Å². The van der Waals surface area contributed by atoms with Crippen LogP contribution in [0.3, 0.4) is 0 Å². The molecular formula is C13H21BrN2. The highest BCUT2D eigenvalue weighted by Crippen LogP contribution is 2.25. The fourth-order valence-electron chi connectivity index (χ4n) is 1.55. The van der Waals surface area contributed by atoms with Crippen molar-refractivity contribution in [3.05, 3.63) is 28.2 Å². The summed E-state index contributed by atoms with van der Waals surface area (Å²) in [4.78, 5) is 2.30. The van der Waals surface area contributed by atoms with Gasteiger partial charge in [0.15, 0.2) is 0 Å². The van der Waals surface area contributed by atoms with Gasteiger partial charge in [-0.05, 0) is 38.1 Å². The molecule has 0 bridgehead atoms. The van der Waals surface area contributed by atoms with Gasteiger partial charge in [-0.3, -0.25) is 0 Å². The lowest BCUT2D eigenvalue weighted by Gasteiger charge is -2.26. The number of anilines is 1.